The number of nitrogens with one attached hydrogen (secondary N) is 1. The Hall–Kier alpha value is -1.74. The van der Waals surface area contributed by atoms with Gasteiger partial charge in [0.1, 0.15) is 24.4 Å². The molecule has 1 aliphatic heterocycles. The standard InChI is InChI=1S/C24H41NO7/c1-3-4-5-6-7-8-9-10-11-12-13-14-15-16-20(28)25-21-23(30)22(29)19(17-26)32-24(21)31-18(2)27/h8-9,15-16,19,21-24,26,29-30H,3-7,10-14,17H2,1-2H3,(H,25,28)/b9-8+,16-15+/t19-,21-,22-,23-,24+/m1/s1. The van der Waals surface area contributed by atoms with Crippen LogP contribution in [-0.4, -0.2) is 64.4 Å². The van der Waals surface area contributed by atoms with Gasteiger partial charge in [-0.05, 0) is 44.6 Å². The summed E-state index contributed by atoms with van der Waals surface area (Å²) in [6.07, 6.45) is 13.6. The molecule has 184 valence electrons. The maximum absolute atomic E-state index is 12.2. The Morgan fingerprint density at radius 3 is 2.09 bits per heavy atom. The van der Waals surface area contributed by atoms with Crippen LogP contribution in [0.1, 0.15) is 78.1 Å². The van der Waals surface area contributed by atoms with E-state index in [0.717, 1.165) is 45.4 Å². The largest absolute Gasteiger partial charge is 0.434 e. The predicted octanol–water partition coefficient (Wildman–Crippen LogP) is 2.51. The number of carbonyl (C=O) groups is 2. The average molecular weight is 456 g/mol. The summed E-state index contributed by atoms with van der Waals surface area (Å²) < 4.78 is 10.3. The van der Waals surface area contributed by atoms with Gasteiger partial charge in [0.25, 0.3) is 0 Å². The zero-order chi connectivity index (χ0) is 23.8. The fourth-order valence-electron chi connectivity index (χ4n) is 3.53. The van der Waals surface area contributed by atoms with E-state index in [1.165, 1.54) is 31.8 Å². The normalized spacial score (nSPS) is 26.0. The van der Waals surface area contributed by atoms with Gasteiger partial charge in [-0.25, -0.2) is 0 Å². The predicted molar refractivity (Wildman–Crippen MR) is 122 cm³/mol. The molecule has 0 aromatic carbocycles. The lowest BCUT2D eigenvalue weighted by Gasteiger charge is -2.41. The van der Waals surface area contributed by atoms with Crippen LogP contribution in [0, 0.1) is 0 Å². The van der Waals surface area contributed by atoms with Crippen LogP contribution in [0.4, 0.5) is 0 Å². The molecule has 0 spiro atoms. The Bertz CT molecular complexity index is 593. The van der Waals surface area contributed by atoms with E-state index in [1.807, 2.05) is 0 Å². The number of ether oxygens (including phenoxy) is 2. The number of esters is 1. The molecule has 1 aliphatic rings. The van der Waals surface area contributed by atoms with Crippen molar-refractivity contribution in [3.63, 3.8) is 0 Å². The summed E-state index contributed by atoms with van der Waals surface area (Å²) in [5.74, 6) is -1.16. The van der Waals surface area contributed by atoms with Gasteiger partial charge < -0.3 is 30.1 Å². The summed E-state index contributed by atoms with van der Waals surface area (Å²) in [5.41, 5.74) is 0. The Balaban J connectivity index is 2.30. The highest BCUT2D eigenvalue weighted by molar-refractivity contribution is 5.87. The summed E-state index contributed by atoms with van der Waals surface area (Å²) in [5, 5.41) is 32.1. The number of aliphatic hydroxyl groups excluding tert-OH is 3. The molecule has 0 saturated carbocycles. The van der Waals surface area contributed by atoms with Crippen LogP contribution < -0.4 is 5.32 Å². The highest BCUT2D eigenvalue weighted by atomic mass is 16.7. The lowest BCUT2D eigenvalue weighted by Crippen LogP contribution is -2.64. The fourth-order valence-corrected chi connectivity index (χ4v) is 3.53. The topological polar surface area (TPSA) is 125 Å². The smallest absolute Gasteiger partial charge is 0.305 e. The van der Waals surface area contributed by atoms with Crippen molar-refractivity contribution in [1.29, 1.82) is 0 Å². The summed E-state index contributed by atoms with van der Waals surface area (Å²) in [4.78, 5) is 23.5. The first kappa shape index (κ1) is 28.3. The summed E-state index contributed by atoms with van der Waals surface area (Å²) >= 11 is 0. The molecule has 0 unspecified atom stereocenters. The number of aliphatic hydroxyl groups is 3. The van der Waals surface area contributed by atoms with E-state index >= 15 is 0 Å². The fraction of sp³-hybridized carbons (Fsp3) is 0.750. The zero-order valence-electron chi connectivity index (χ0n) is 19.4. The van der Waals surface area contributed by atoms with E-state index in [-0.39, 0.29) is 0 Å². The molecule has 1 rings (SSSR count). The van der Waals surface area contributed by atoms with Crippen LogP contribution in [0.15, 0.2) is 24.3 Å². The number of unbranched alkanes of at least 4 members (excludes halogenated alkanes) is 8. The molecule has 8 nitrogen and oxygen atoms in total. The third-order valence-electron chi connectivity index (χ3n) is 5.37. The van der Waals surface area contributed by atoms with E-state index in [0.29, 0.717) is 0 Å². The Kier molecular flexibility index (Phi) is 14.9. The minimum atomic E-state index is -1.46. The van der Waals surface area contributed by atoms with Gasteiger partial charge in [-0.1, -0.05) is 50.8 Å². The molecule has 0 bridgehead atoms. The molecular formula is C24H41NO7. The van der Waals surface area contributed by atoms with E-state index in [9.17, 15) is 24.9 Å². The molecule has 1 saturated heterocycles. The van der Waals surface area contributed by atoms with E-state index in [2.05, 4.69) is 24.4 Å². The molecule has 0 aromatic rings. The van der Waals surface area contributed by atoms with Crippen LogP contribution in [-0.2, 0) is 19.1 Å². The Labute approximate surface area is 191 Å². The van der Waals surface area contributed by atoms with Crippen LogP contribution in [0.25, 0.3) is 0 Å². The number of allylic oxidation sites excluding steroid dienone is 3. The SMILES string of the molecule is CCCCCC/C=C/CCCCC/C=C/C(=O)N[C@H]1[C@@H](OC(C)=O)O[C@H](CO)[C@@H](O)[C@@H]1O. The van der Waals surface area contributed by atoms with Gasteiger partial charge in [0.05, 0.1) is 6.61 Å². The number of carbonyl (C=O) groups excluding carboxylic acids is 2. The second kappa shape index (κ2) is 16.8. The second-order valence-corrected chi connectivity index (χ2v) is 8.21. The van der Waals surface area contributed by atoms with Crippen LogP contribution >= 0.6 is 0 Å². The van der Waals surface area contributed by atoms with Crippen molar-refractivity contribution < 1.29 is 34.4 Å². The molecule has 0 radical (unpaired) electrons. The number of hydrogen-bond donors (Lipinski definition) is 4. The second-order valence-electron chi connectivity index (χ2n) is 8.21. The zero-order valence-corrected chi connectivity index (χ0v) is 19.4. The van der Waals surface area contributed by atoms with Gasteiger partial charge in [0, 0.05) is 6.92 Å². The van der Waals surface area contributed by atoms with Gasteiger partial charge in [-0.2, -0.15) is 0 Å². The third kappa shape index (κ3) is 11.2. The van der Waals surface area contributed by atoms with E-state index in [4.69, 9.17) is 9.47 Å². The van der Waals surface area contributed by atoms with Crippen LogP contribution in [0.2, 0.25) is 0 Å². The van der Waals surface area contributed by atoms with E-state index in [1.54, 1.807) is 6.08 Å². The van der Waals surface area contributed by atoms with Gasteiger partial charge in [-0.15, -0.1) is 0 Å². The first-order valence-corrected chi connectivity index (χ1v) is 11.8. The highest BCUT2D eigenvalue weighted by Crippen LogP contribution is 2.22. The van der Waals surface area contributed by atoms with Crippen molar-refractivity contribution in [3.05, 3.63) is 24.3 Å². The summed E-state index contributed by atoms with van der Waals surface area (Å²) in [6.45, 7) is 2.82. The molecule has 0 aliphatic carbocycles. The van der Waals surface area contributed by atoms with Crippen LogP contribution in [0.5, 0.6) is 0 Å². The van der Waals surface area contributed by atoms with E-state index < -0.39 is 49.1 Å². The van der Waals surface area contributed by atoms with Crippen molar-refractivity contribution in [2.75, 3.05) is 6.61 Å². The first-order valence-electron chi connectivity index (χ1n) is 11.8. The van der Waals surface area contributed by atoms with Crippen molar-refractivity contribution in [2.24, 2.45) is 0 Å². The van der Waals surface area contributed by atoms with Gasteiger partial charge in [0.2, 0.25) is 12.2 Å². The minimum absolute atomic E-state index is 0.490. The van der Waals surface area contributed by atoms with Crippen LogP contribution in [0.3, 0.4) is 0 Å². The minimum Gasteiger partial charge on any atom is -0.434 e. The molecule has 32 heavy (non-hydrogen) atoms. The molecule has 1 fully saturated rings. The van der Waals surface area contributed by atoms with Gasteiger partial charge in [0.15, 0.2) is 0 Å². The maximum Gasteiger partial charge on any atom is 0.305 e. The van der Waals surface area contributed by atoms with Crippen molar-refractivity contribution in [3.8, 4) is 0 Å². The number of rotatable bonds is 15. The molecule has 1 amide bonds. The third-order valence-corrected chi connectivity index (χ3v) is 5.37. The molecule has 8 heteroatoms. The highest BCUT2D eigenvalue weighted by Gasteiger charge is 2.46. The number of amides is 1. The first-order chi connectivity index (χ1) is 15.4. The van der Waals surface area contributed by atoms with Gasteiger partial charge in [-0.3, -0.25) is 9.59 Å². The molecule has 0 aromatic heterocycles. The maximum atomic E-state index is 12.2. The van der Waals surface area contributed by atoms with Crippen molar-refractivity contribution in [2.45, 2.75) is 109 Å². The lowest BCUT2D eigenvalue weighted by molar-refractivity contribution is -0.262. The van der Waals surface area contributed by atoms with Crippen molar-refractivity contribution in [1.82, 2.24) is 5.32 Å². The van der Waals surface area contributed by atoms with Crippen molar-refractivity contribution >= 4 is 11.9 Å². The summed E-state index contributed by atoms with van der Waals surface area (Å²) in [7, 11) is 0. The lowest BCUT2D eigenvalue weighted by atomic mass is 9.97. The molecule has 5 atom stereocenters. The Morgan fingerprint density at radius 1 is 0.938 bits per heavy atom. The average Bonchev–Trinajstić information content (AvgIpc) is 2.76. The molecule has 4 N–H and O–H groups in total. The quantitative estimate of drug-likeness (QED) is 0.129. The molecular weight excluding hydrogens is 414 g/mol. The number of hydrogen-bond acceptors (Lipinski definition) is 7. The monoisotopic (exact) mass is 455 g/mol. The Morgan fingerprint density at radius 2 is 1.53 bits per heavy atom. The molecule has 1 heterocycles. The van der Waals surface area contributed by atoms with Gasteiger partial charge >= 0.3 is 5.97 Å². The summed E-state index contributed by atoms with van der Waals surface area (Å²) in [6, 6.07) is -1.15.